The average molecular weight is 392 g/mol. The maximum absolute atomic E-state index is 12.1. The number of ether oxygens (including phenoxy) is 3. The van der Waals surface area contributed by atoms with Gasteiger partial charge < -0.3 is 19.5 Å². The topological polar surface area (TPSA) is 73.9 Å². The summed E-state index contributed by atoms with van der Waals surface area (Å²) in [6, 6.07) is 14.1. The van der Waals surface area contributed by atoms with Crippen LogP contribution in [0.5, 0.6) is 11.5 Å². The van der Waals surface area contributed by atoms with Gasteiger partial charge in [-0.15, -0.1) is 0 Å². The van der Waals surface area contributed by atoms with Gasteiger partial charge in [0.25, 0.3) is 5.91 Å². The highest BCUT2D eigenvalue weighted by atomic mass is 35.5. The van der Waals surface area contributed by atoms with Gasteiger partial charge in [0.2, 0.25) is 0 Å². The number of amides is 1. The molecule has 0 fully saturated rings. The molecule has 0 saturated heterocycles. The first kappa shape index (κ1) is 20.6. The predicted molar refractivity (Wildman–Crippen MR) is 102 cm³/mol. The van der Waals surface area contributed by atoms with Gasteiger partial charge in [-0.05, 0) is 49.7 Å². The Morgan fingerprint density at radius 1 is 1.04 bits per heavy atom. The average Bonchev–Trinajstić information content (AvgIpc) is 2.66. The van der Waals surface area contributed by atoms with Crippen molar-refractivity contribution in [3.8, 4) is 11.5 Å². The minimum atomic E-state index is -0.941. The molecule has 0 saturated carbocycles. The fourth-order valence-electron chi connectivity index (χ4n) is 2.19. The van der Waals surface area contributed by atoms with E-state index in [9.17, 15) is 9.59 Å². The molecule has 1 amide bonds. The van der Waals surface area contributed by atoms with Crippen LogP contribution in [0.2, 0.25) is 5.02 Å². The molecule has 6 nitrogen and oxygen atoms in total. The second kappa shape index (κ2) is 10.4. The second-order valence-corrected chi connectivity index (χ2v) is 6.04. The lowest BCUT2D eigenvalue weighted by atomic mass is 10.2. The van der Waals surface area contributed by atoms with Gasteiger partial charge in [0, 0.05) is 11.6 Å². The van der Waals surface area contributed by atoms with Crippen LogP contribution >= 0.6 is 11.6 Å². The van der Waals surface area contributed by atoms with Gasteiger partial charge in [0.15, 0.2) is 12.7 Å². The minimum absolute atomic E-state index is 0.253. The number of halogens is 1. The number of hydrogen-bond acceptors (Lipinski definition) is 5. The van der Waals surface area contributed by atoms with E-state index in [0.717, 1.165) is 11.3 Å². The van der Waals surface area contributed by atoms with Crippen molar-refractivity contribution < 1.29 is 23.8 Å². The molecule has 0 aliphatic rings. The number of rotatable bonds is 9. The van der Waals surface area contributed by atoms with E-state index in [1.807, 2.05) is 25.1 Å². The molecule has 0 radical (unpaired) electrons. The molecular formula is C20H22ClNO5. The third-order valence-corrected chi connectivity index (χ3v) is 3.95. The molecule has 2 rings (SSSR count). The highest BCUT2D eigenvalue weighted by Crippen LogP contribution is 2.17. The van der Waals surface area contributed by atoms with Crippen LogP contribution in [0.4, 0.5) is 0 Å². The highest BCUT2D eigenvalue weighted by Gasteiger charge is 2.18. The van der Waals surface area contributed by atoms with Crippen molar-refractivity contribution in [2.24, 2.45) is 0 Å². The van der Waals surface area contributed by atoms with Gasteiger partial charge in [-0.1, -0.05) is 29.8 Å². The standard InChI is InChI=1S/C20H22ClNO5/c1-3-25-16-8-10-17(11-9-16)26-13-19(23)27-14(2)20(24)22-12-15-6-4-5-7-18(15)21/h4-11,14H,3,12-13H2,1-2H3,(H,22,24)/t14-/m1/s1. The van der Waals surface area contributed by atoms with E-state index in [1.54, 1.807) is 30.3 Å². The zero-order valence-electron chi connectivity index (χ0n) is 15.2. The lowest BCUT2D eigenvalue weighted by molar-refractivity contribution is -0.156. The van der Waals surface area contributed by atoms with Gasteiger partial charge in [0.05, 0.1) is 6.61 Å². The normalized spacial score (nSPS) is 11.4. The summed E-state index contributed by atoms with van der Waals surface area (Å²) in [5, 5.41) is 3.24. The van der Waals surface area contributed by atoms with Crippen LogP contribution in [-0.4, -0.2) is 31.2 Å². The van der Waals surface area contributed by atoms with Crippen molar-refractivity contribution in [2.45, 2.75) is 26.5 Å². The molecule has 1 N–H and O–H groups in total. The fourth-order valence-corrected chi connectivity index (χ4v) is 2.40. The van der Waals surface area contributed by atoms with E-state index in [-0.39, 0.29) is 13.2 Å². The Labute approximate surface area is 163 Å². The second-order valence-electron chi connectivity index (χ2n) is 5.63. The van der Waals surface area contributed by atoms with Crippen LogP contribution in [-0.2, 0) is 20.9 Å². The highest BCUT2D eigenvalue weighted by molar-refractivity contribution is 6.31. The van der Waals surface area contributed by atoms with E-state index < -0.39 is 18.0 Å². The van der Waals surface area contributed by atoms with Gasteiger partial charge in [-0.3, -0.25) is 4.79 Å². The molecule has 0 heterocycles. The molecule has 0 bridgehead atoms. The molecule has 0 spiro atoms. The SMILES string of the molecule is CCOc1ccc(OCC(=O)O[C@H](C)C(=O)NCc2ccccc2Cl)cc1. The van der Waals surface area contributed by atoms with E-state index >= 15 is 0 Å². The summed E-state index contributed by atoms with van der Waals surface area (Å²) in [7, 11) is 0. The summed E-state index contributed by atoms with van der Waals surface area (Å²) in [6.07, 6.45) is -0.941. The summed E-state index contributed by atoms with van der Waals surface area (Å²) >= 11 is 6.04. The molecule has 144 valence electrons. The molecule has 0 unspecified atom stereocenters. The third kappa shape index (κ3) is 6.83. The van der Waals surface area contributed by atoms with Crippen LogP contribution < -0.4 is 14.8 Å². The molecule has 1 atom stereocenters. The van der Waals surface area contributed by atoms with Crippen molar-refractivity contribution in [3.05, 3.63) is 59.1 Å². The number of hydrogen-bond donors (Lipinski definition) is 1. The van der Waals surface area contributed by atoms with Gasteiger partial charge in [-0.2, -0.15) is 0 Å². The first-order chi connectivity index (χ1) is 13.0. The van der Waals surface area contributed by atoms with Crippen molar-refractivity contribution in [1.29, 1.82) is 0 Å². The zero-order chi connectivity index (χ0) is 19.6. The molecule has 0 aliphatic carbocycles. The first-order valence-electron chi connectivity index (χ1n) is 8.56. The maximum Gasteiger partial charge on any atom is 0.344 e. The van der Waals surface area contributed by atoms with Crippen molar-refractivity contribution in [2.75, 3.05) is 13.2 Å². The smallest absolute Gasteiger partial charge is 0.344 e. The molecule has 27 heavy (non-hydrogen) atoms. The molecule has 0 aliphatic heterocycles. The van der Waals surface area contributed by atoms with Crippen molar-refractivity contribution in [1.82, 2.24) is 5.32 Å². The lowest BCUT2D eigenvalue weighted by Gasteiger charge is -2.14. The number of benzene rings is 2. The number of esters is 1. The number of carbonyl (C=O) groups excluding carboxylic acids is 2. The van der Waals surface area contributed by atoms with E-state index in [2.05, 4.69) is 5.32 Å². The molecule has 2 aromatic carbocycles. The van der Waals surface area contributed by atoms with Gasteiger partial charge in [-0.25, -0.2) is 4.79 Å². The van der Waals surface area contributed by atoms with E-state index in [4.69, 9.17) is 25.8 Å². The maximum atomic E-state index is 12.1. The summed E-state index contributed by atoms with van der Waals surface area (Å²) in [5.41, 5.74) is 0.782. The Kier molecular flexibility index (Phi) is 7.95. The van der Waals surface area contributed by atoms with E-state index in [0.29, 0.717) is 17.4 Å². The third-order valence-electron chi connectivity index (χ3n) is 3.58. The first-order valence-corrected chi connectivity index (χ1v) is 8.93. The molecule has 0 aromatic heterocycles. The monoisotopic (exact) mass is 391 g/mol. The fraction of sp³-hybridized carbons (Fsp3) is 0.300. The van der Waals surface area contributed by atoms with Crippen molar-refractivity contribution >= 4 is 23.5 Å². The van der Waals surface area contributed by atoms with Gasteiger partial charge >= 0.3 is 5.97 Å². The Bertz CT molecular complexity index is 763. The Hall–Kier alpha value is -2.73. The number of carbonyl (C=O) groups is 2. The quantitative estimate of drug-likeness (QED) is 0.663. The number of nitrogens with one attached hydrogen (secondary N) is 1. The van der Waals surface area contributed by atoms with Crippen molar-refractivity contribution in [3.63, 3.8) is 0 Å². The summed E-state index contributed by atoms with van der Waals surface area (Å²) < 4.78 is 15.8. The summed E-state index contributed by atoms with van der Waals surface area (Å²) in [5.74, 6) is 0.177. The van der Waals surface area contributed by atoms with Crippen LogP contribution in [0.15, 0.2) is 48.5 Å². The Morgan fingerprint density at radius 3 is 2.30 bits per heavy atom. The van der Waals surface area contributed by atoms with Crippen LogP contribution in [0.3, 0.4) is 0 Å². The zero-order valence-corrected chi connectivity index (χ0v) is 16.0. The van der Waals surface area contributed by atoms with Gasteiger partial charge in [0.1, 0.15) is 11.5 Å². The summed E-state index contributed by atoms with van der Waals surface area (Å²) in [6.45, 7) is 3.92. The molecule has 7 heteroatoms. The van der Waals surface area contributed by atoms with Crippen LogP contribution in [0, 0.1) is 0 Å². The molecular weight excluding hydrogens is 370 g/mol. The Balaban J connectivity index is 1.74. The Morgan fingerprint density at radius 2 is 1.67 bits per heavy atom. The predicted octanol–water partition coefficient (Wildman–Crippen LogP) is 3.37. The lowest BCUT2D eigenvalue weighted by Crippen LogP contribution is -2.36. The largest absolute Gasteiger partial charge is 0.494 e. The summed E-state index contributed by atoms with van der Waals surface area (Å²) in [4.78, 5) is 23.9. The van der Waals surface area contributed by atoms with Crippen LogP contribution in [0.25, 0.3) is 0 Å². The van der Waals surface area contributed by atoms with Crippen LogP contribution in [0.1, 0.15) is 19.4 Å². The van der Waals surface area contributed by atoms with E-state index in [1.165, 1.54) is 6.92 Å². The molecule has 2 aromatic rings. The minimum Gasteiger partial charge on any atom is -0.494 e.